The van der Waals surface area contributed by atoms with Crippen LogP contribution in [0.3, 0.4) is 0 Å². The molecule has 0 bridgehead atoms. The Labute approximate surface area is 196 Å². The van der Waals surface area contributed by atoms with Gasteiger partial charge < -0.3 is 19.6 Å². The summed E-state index contributed by atoms with van der Waals surface area (Å²) in [5.74, 6) is 4.01. The molecule has 1 aromatic carbocycles. The van der Waals surface area contributed by atoms with Crippen LogP contribution in [-0.2, 0) is 0 Å². The predicted octanol–water partition coefficient (Wildman–Crippen LogP) is 4.43. The van der Waals surface area contributed by atoms with Crippen molar-refractivity contribution in [2.45, 2.75) is 12.2 Å². The summed E-state index contributed by atoms with van der Waals surface area (Å²) in [7, 11) is 5.00. The number of rotatable bonds is 11. The first-order valence-electron chi connectivity index (χ1n) is 9.23. The number of ether oxygens (including phenoxy) is 2. The summed E-state index contributed by atoms with van der Waals surface area (Å²) in [6, 6.07) is 9.33. The van der Waals surface area contributed by atoms with Gasteiger partial charge >= 0.3 is 0 Å². The van der Waals surface area contributed by atoms with E-state index < -0.39 is 0 Å². The van der Waals surface area contributed by atoms with Gasteiger partial charge in [0.1, 0.15) is 17.2 Å². The zero-order chi connectivity index (χ0) is 21.5. The summed E-state index contributed by atoms with van der Waals surface area (Å²) in [5.41, 5.74) is 6.61. The number of aromatic nitrogens is 3. The molecule has 0 fully saturated rings. The van der Waals surface area contributed by atoms with E-state index in [1.165, 1.54) is 0 Å². The van der Waals surface area contributed by atoms with Gasteiger partial charge in [0.25, 0.3) is 0 Å². The van der Waals surface area contributed by atoms with Crippen molar-refractivity contribution in [2.24, 2.45) is 5.73 Å². The molecule has 0 amide bonds. The Morgan fingerprint density at radius 1 is 1.20 bits per heavy atom. The molecule has 0 aliphatic heterocycles. The van der Waals surface area contributed by atoms with Crippen LogP contribution in [0.1, 0.15) is 6.92 Å². The third kappa shape index (κ3) is 5.01. The Kier molecular flexibility index (Phi) is 8.60. The molecule has 0 spiro atoms. The summed E-state index contributed by atoms with van der Waals surface area (Å²) in [6.07, 6.45) is 1.61. The Morgan fingerprint density at radius 2 is 1.93 bits per heavy atom. The lowest BCUT2D eigenvalue weighted by molar-refractivity contribution is 0.391. The van der Waals surface area contributed by atoms with Crippen LogP contribution in [0.5, 0.6) is 11.5 Å². The first kappa shape index (κ1) is 23.1. The number of para-hydroxylation sites is 1. The lowest BCUT2D eigenvalue weighted by atomic mass is 10.2. The van der Waals surface area contributed by atoms with Gasteiger partial charge in [0.05, 0.1) is 20.5 Å². The summed E-state index contributed by atoms with van der Waals surface area (Å²) in [4.78, 5) is 0. The molecular weight excluding hydrogens is 537 g/mol. The van der Waals surface area contributed by atoms with Gasteiger partial charge in [-0.2, -0.15) is 0 Å². The minimum atomic E-state index is 0.209. The molecule has 2 aromatic heterocycles. The molecule has 1 atom stereocenters. The molecule has 8 nitrogen and oxygen atoms in total. The van der Waals surface area contributed by atoms with E-state index in [4.69, 9.17) is 19.6 Å². The van der Waals surface area contributed by atoms with Gasteiger partial charge in [-0.25, -0.2) is 0 Å². The molecule has 30 heavy (non-hydrogen) atoms. The second-order valence-electron chi connectivity index (χ2n) is 6.21. The number of hydrogen-bond acceptors (Lipinski definition) is 9. The molecule has 0 aliphatic carbocycles. The van der Waals surface area contributed by atoms with Crippen molar-refractivity contribution in [1.82, 2.24) is 14.8 Å². The molecule has 162 valence electrons. The maximum Gasteiger partial charge on any atom is 0.242 e. The van der Waals surface area contributed by atoms with E-state index in [0.29, 0.717) is 41.3 Å². The van der Waals surface area contributed by atoms with Crippen LogP contribution in [0.2, 0.25) is 0 Å². The van der Waals surface area contributed by atoms with Crippen LogP contribution in [-0.4, -0.2) is 53.1 Å². The number of methoxy groups -OCH3 is 2. The minimum Gasteiger partial charge on any atom is -0.494 e. The minimum absolute atomic E-state index is 0.209. The number of anilines is 1. The van der Waals surface area contributed by atoms with Crippen molar-refractivity contribution in [3.8, 4) is 28.8 Å². The van der Waals surface area contributed by atoms with E-state index in [1.54, 1.807) is 41.4 Å². The van der Waals surface area contributed by atoms with Gasteiger partial charge in [0.15, 0.2) is 5.76 Å². The third-order valence-corrected chi connectivity index (χ3v) is 7.06. The molecule has 0 aliphatic rings. The maximum atomic E-state index is 5.90. The Bertz CT molecular complexity index is 916. The first-order valence-corrected chi connectivity index (χ1v) is 13.6. The highest BCUT2D eigenvalue weighted by atomic mass is 127. The normalized spacial score (nSPS) is 12.0. The molecule has 2 heterocycles. The van der Waals surface area contributed by atoms with Crippen molar-refractivity contribution in [1.29, 1.82) is 0 Å². The summed E-state index contributed by atoms with van der Waals surface area (Å²) >= 11 is 3.94. The molecule has 11 heteroatoms. The largest absolute Gasteiger partial charge is 0.494 e. The van der Waals surface area contributed by atoms with Gasteiger partial charge in [0.2, 0.25) is 11.8 Å². The smallest absolute Gasteiger partial charge is 0.242 e. The fraction of sp³-hybridized carbons (Fsp3) is 0.368. The highest BCUT2D eigenvalue weighted by Crippen LogP contribution is 2.40. The number of hydrogen-bond donors (Lipinski definition) is 1. The molecule has 0 radical (unpaired) electrons. The maximum absolute atomic E-state index is 5.90. The Hall–Kier alpha value is -1.57. The van der Waals surface area contributed by atoms with Gasteiger partial charge in [-0.05, 0) is 57.4 Å². The zero-order valence-electron chi connectivity index (χ0n) is 16.9. The SMILES string of the molecule is COc1cccc(OC)c1-n1c(-c2ccco2)nnc1N(CCSI)SC(C)CN. The second kappa shape index (κ2) is 11.2. The van der Waals surface area contributed by atoms with E-state index in [9.17, 15) is 0 Å². The van der Waals surface area contributed by atoms with Crippen molar-refractivity contribution in [2.75, 3.05) is 37.4 Å². The Morgan fingerprint density at radius 3 is 2.50 bits per heavy atom. The predicted molar refractivity (Wildman–Crippen MR) is 132 cm³/mol. The van der Waals surface area contributed by atoms with E-state index in [0.717, 1.165) is 12.3 Å². The fourth-order valence-electron chi connectivity index (χ4n) is 2.84. The van der Waals surface area contributed by atoms with Gasteiger partial charge in [-0.1, -0.05) is 21.9 Å². The third-order valence-electron chi connectivity index (χ3n) is 4.25. The zero-order valence-corrected chi connectivity index (χ0v) is 20.7. The molecule has 3 rings (SSSR count). The number of halogens is 1. The molecule has 0 saturated carbocycles. The van der Waals surface area contributed by atoms with E-state index in [1.807, 2.05) is 34.9 Å². The second-order valence-corrected chi connectivity index (χ2v) is 10.2. The van der Waals surface area contributed by atoms with Gasteiger partial charge in [-0.3, -0.25) is 8.87 Å². The van der Waals surface area contributed by atoms with E-state index >= 15 is 0 Å². The molecule has 1 unspecified atom stereocenters. The monoisotopic (exact) mass is 561 g/mol. The standard InChI is InChI=1S/C19H24IN5O3S2/c1-13(12-21)30-24(9-11-29-20)19-23-22-18(16-8-5-10-28-16)25(19)17-14(26-2)6-4-7-15(17)27-3/h4-8,10,13H,9,11-12,21H2,1-3H3. The lowest BCUT2D eigenvalue weighted by Gasteiger charge is -2.26. The van der Waals surface area contributed by atoms with Crippen molar-refractivity contribution >= 4 is 48.0 Å². The highest BCUT2D eigenvalue weighted by Gasteiger charge is 2.27. The van der Waals surface area contributed by atoms with Gasteiger partial charge in [0, 0.05) is 24.1 Å². The number of furan rings is 1. The lowest BCUT2D eigenvalue weighted by Crippen LogP contribution is -2.27. The van der Waals surface area contributed by atoms with E-state index in [-0.39, 0.29) is 5.25 Å². The molecule has 2 N–H and O–H groups in total. The van der Waals surface area contributed by atoms with Crippen LogP contribution >= 0.6 is 42.1 Å². The topological polar surface area (TPSA) is 91.6 Å². The summed E-state index contributed by atoms with van der Waals surface area (Å²) < 4.78 is 21.0. The van der Waals surface area contributed by atoms with Crippen LogP contribution in [0, 0.1) is 0 Å². The summed E-state index contributed by atoms with van der Waals surface area (Å²) in [5, 5.41) is 9.20. The quantitative estimate of drug-likeness (QED) is 0.270. The fourth-order valence-corrected chi connectivity index (χ4v) is 4.73. The first-order chi connectivity index (χ1) is 14.6. The van der Waals surface area contributed by atoms with Crippen molar-refractivity contribution < 1.29 is 13.9 Å². The van der Waals surface area contributed by atoms with Crippen LogP contribution in [0.25, 0.3) is 17.3 Å². The van der Waals surface area contributed by atoms with Crippen LogP contribution in [0.4, 0.5) is 5.95 Å². The average molecular weight is 561 g/mol. The average Bonchev–Trinajstić information content (AvgIpc) is 3.45. The van der Waals surface area contributed by atoms with Crippen LogP contribution < -0.4 is 19.5 Å². The Balaban J connectivity index is 2.23. The van der Waals surface area contributed by atoms with Crippen molar-refractivity contribution in [3.63, 3.8) is 0 Å². The van der Waals surface area contributed by atoms with Gasteiger partial charge in [-0.15, -0.1) is 10.2 Å². The van der Waals surface area contributed by atoms with Crippen molar-refractivity contribution in [3.05, 3.63) is 36.6 Å². The summed E-state index contributed by atoms with van der Waals surface area (Å²) in [6.45, 7) is 3.40. The van der Waals surface area contributed by atoms with E-state index in [2.05, 4.69) is 42.6 Å². The highest BCUT2D eigenvalue weighted by molar-refractivity contribution is 14.2. The molecule has 3 aromatic rings. The number of nitrogens with zero attached hydrogens (tertiary/aromatic N) is 4. The molecular formula is C19H24IN5O3S2. The number of nitrogens with two attached hydrogens (primary N) is 1. The number of benzene rings is 1. The molecule has 0 saturated heterocycles. The van der Waals surface area contributed by atoms with Crippen LogP contribution in [0.15, 0.2) is 41.0 Å².